The zero-order valence-corrected chi connectivity index (χ0v) is 19.2. The average Bonchev–Trinajstić information content (AvgIpc) is 2.85. The third-order valence-electron chi connectivity index (χ3n) is 5.78. The van der Waals surface area contributed by atoms with Crippen LogP contribution in [0.4, 0.5) is 16.3 Å². The maximum Gasteiger partial charge on any atom is 0.322 e. The van der Waals surface area contributed by atoms with Gasteiger partial charge in [-0.25, -0.2) is 14.8 Å². The van der Waals surface area contributed by atoms with E-state index in [1.165, 1.54) is 0 Å². The lowest BCUT2D eigenvalue weighted by atomic mass is 10.0. The van der Waals surface area contributed by atoms with Gasteiger partial charge in [-0.2, -0.15) is 0 Å². The van der Waals surface area contributed by atoms with E-state index in [0.29, 0.717) is 32.7 Å². The minimum Gasteiger partial charge on any atom is -0.378 e. The number of carbonyl (C=O) groups is 1. The van der Waals surface area contributed by atoms with Crippen LogP contribution in [0.1, 0.15) is 11.3 Å². The van der Waals surface area contributed by atoms with Gasteiger partial charge >= 0.3 is 6.03 Å². The molecule has 0 saturated carbocycles. The highest BCUT2D eigenvalue weighted by atomic mass is 79.9. The number of hydrogen-bond acceptors (Lipinski definition) is 5. The minimum atomic E-state index is -0.123. The van der Waals surface area contributed by atoms with E-state index in [4.69, 9.17) is 14.7 Å². The molecule has 8 heteroatoms. The Balaban J connectivity index is 1.46. The summed E-state index contributed by atoms with van der Waals surface area (Å²) >= 11 is 3.50. The quantitative estimate of drug-likeness (QED) is 0.587. The molecule has 3 aromatic rings. The number of hydrogen-bond donors (Lipinski definition) is 1. The number of halogens is 1. The Morgan fingerprint density at radius 2 is 1.72 bits per heavy atom. The summed E-state index contributed by atoms with van der Waals surface area (Å²) in [5.41, 5.74) is 3.80. The average molecular weight is 494 g/mol. The second-order valence-corrected chi connectivity index (χ2v) is 8.70. The van der Waals surface area contributed by atoms with Crippen LogP contribution < -0.4 is 10.2 Å². The molecule has 1 aromatic heterocycles. The first-order valence-corrected chi connectivity index (χ1v) is 11.6. The molecule has 0 spiro atoms. The van der Waals surface area contributed by atoms with Crippen LogP contribution in [-0.4, -0.2) is 53.7 Å². The van der Waals surface area contributed by atoms with E-state index in [-0.39, 0.29) is 6.03 Å². The van der Waals surface area contributed by atoms with Crippen LogP contribution in [0.2, 0.25) is 0 Å². The molecule has 32 heavy (non-hydrogen) atoms. The van der Waals surface area contributed by atoms with Crippen LogP contribution in [0.25, 0.3) is 11.4 Å². The Labute approximate surface area is 195 Å². The maximum atomic E-state index is 13.0. The van der Waals surface area contributed by atoms with Gasteiger partial charge in [0.25, 0.3) is 0 Å². The summed E-state index contributed by atoms with van der Waals surface area (Å²) in [7, 11) is 0. The number of para-hydroxylation sites is 1. The number of carbonyl (C=O) groups excluding carboxylic acids is 1. The first kappa shape index (κ1) is 20.9. The number of fused-ring (bicyclic) bond motifs is 1. The summed E-state index contributed by atoms with van der Waals surface area (Å²) in [5.74, 6) is 1.65. The van der Waals surface area contributed by atoms with Crippen molar-refractivity contribution in [2.45, 2.75) is 13.0 Å². The lowest BCUT2D eigenvalue weighted by molar-refractivity contribution is 0.122. The van der Waals surface area contributed by atoms with Crippen LogP contribution >= 0.6 is 15.9 Å². The number of benzene rings is 2. The van der Waals surface area contributed by atoms with Crippen molar-refractivity contribution in [1.29, 1.82) is 0 Å². The van der Waals surface area contributed by atoms with Gasteiger partial charge in [0.2, 0.25) is 0 Å². The van der Waals surface area contributed by atoms with Crippen molar-refractivity contribution in [1.82, 2.24) is 14.9 Å². The third-order valence-corrected chi connectivity index (χ3v) is 6.48. The molecule has 1 fully saturated rings. The highest BCUT2D eigenvalue weighted by Gasteiger charge is 2.28. The Bertz CT molecular complexity index is 1120. The second kappa shape index (κ2) is 9.26. The number of morpholine rings is 1. The molecule has 0 radical (unpaired) electrons. The molecular weight excluding hydrogens is 470 g/mol. The standard InChI is InChI=1S/C24H24BrN5O2/c25-19-8-4-5-9-21(19)27-24(31)30-11-10-20-18(16-30)23(29-12-14-32-15-13-29)28-22(26-20)17-6-2-1-3-7-17/h1-9H,10-16H2,(H,27,31). The summed E-state index contributed by atoms with van der Waals surface area (Å²) in [4.78, 5) is 27.0. The molecule has 5 rings (SSSR count). The summed E-state index contributed by atoms with van der Waals surface area (Å²) < 4.78 is 6.41. The fourth-order valence-corrected chi connectivity index (χ4v) is 4.46. The largest absolute Gasteiger partial charge is 0.378 e. The van der Waals surface area contributed by atoms with E-state index >= 15 is 0 Å². The first-order valence-electron chi connectivity index (χ1n) is 10.8. The fourth-order valence-electron chi connectivity index (χ4n) is 4.08. The molecule has 3 heterocycles. The Morgan fingerprint density at radius 1 is 0.969 bits per heavy atom. The van der Waals surface area contributed by atoms with Crippen LogP contribution in [0.3, 0.4) is 0 Å². The van der Waals surface area contributed by atoms with Crippen LogP contribution in [0.15, 0.2) is 59.1 Å². The van der Waals surface area contributed by atoms with Crippen molar-refractivity contribution in [3.8, 4) is 11.4 Å². The number of urea groups is 1. The molecule has 0 aliphatic carbocycles. The second-order valence-electron chi connectivity index (χ2n) is 7.84. The Kier molecular flexibility index (Phi) is 6.05. The molecule has 164 valence electrons. The number of aromatic nitrogens is 2. The van der Waals surface area contributed by atoms with Gasteiger partial charge in [-0.3, -0.25) is 0 Å². The van der Waals surface area contributed by atoms with Gasteiger partial charge in [-0.05, 0) is 28.1 Å². The van der Waals surface area contributed by atoms with Gasteiger partial charge in [0.15, 0.2) is 5.82 Å². The minimum absolute atomic E-state index is 0.123. The summed E-state index contributed by atoms with van der Waals surface area (Å²) in [6.07, 6.45) is 0.693. The first-order chi connectivity index (χ1) is 15.7. The molecule has 2 aliphatic heterocycles. The summed E-state index contributed by atoms with van der Waals surface area (Å²) in [6.45, 7) is 3.99. The van der Waals surface area contributed by atoms with E-state index in [1.54, 1.807) is 0 Å². The van der Waals surface area contributed by atoms with E-state index < -0.39 is 0 Å². The molecule has 7 nitrogen and oxygen atoms in total. The zero-order valence-electron chi connectivity index (χ0n) is 17.6. The van der Waals surface area contributed by atoms with Crippen molar-refractivity contribution in [2.75, 3.05) is 43.1 Å². The van der Waals surface area contributed by atoms with Crippen LogP contribution in [-0.2, 0) is 17.7 Å². The molecule has 0 unspecified atom stereocenters. The SMILES string of the molecule is O=C(Nc1ccccc1Br)N1CCc2nc(-c3ccccc3)nc(N3CCOCC3)c2C1. The van der Waals surface area contributed by atoms with Gasteiger partial charge in [-0.15, -0.1) is 0 Å². The maximum absolute atomic E-state index is 13.0. The van der Waals surface area contributed by atoms with Crippen molar-refractivity contribution >= 4 is 33.5 Å². The zero-order chi connectivity index (χ0) is 21.9. The summed E-state index contributed by atoms with van der Waals surface area (Å²) in [6, 6.07) is 17.6. The third kappa shape index (κ3) is 4.33. The molecule has 2 aliphatic rings. The Hall–Kier alpha value is -2.97. The number of ether oxygens (including phenoxy) is 1. The highest BCUT2D eigenvalue weighted by Crippen LogP contribution is 2.31. The Morgan fingerprint density at radius 3 is 2.50 bits per heavy atom. The van der Waals surface area contributed by atoms with Crippen molar-refractivity contribution < 1.29 is 9.53 Å². The van der Waals surface area contributed by atoms with E-state index in [9.17, 15) is 4.79 Å². The monoisotopic (exact) mass is 493 g/mol. The van der Waals surface area contributed by atoms with E-state index in [1.807, 2.05) is 59.5 Å². The lowest BCUT2D eigenvalue weighted by Crippen LogP contribution is -2.42. The number of nitrogens with one attached hydrogen (secondary N) is 1. The number of rotatable bonds is 3. The molecule has 2 amide bonds. The van der Waals surface area contributed by atoms with Gasteiger partial charge in [0, 0.05) is 41.7 Å². The van der Waals surface area contributed by atoms with Crippen molar-refractivity contribution in [3.63, 3.8) is 0 Å². The van der Waals surface area contributed by atoms with Gasteiger partial charge in [0.05, 0.1) is 31.1 Å². The molecule has 0 bridgehead atoms. The van der Waals surface area contributed by atoms with Gasteiger partial charge in [-0.1, -0.05) is 42.5 Å². The predicted molar refractivity (Wildman–Crippen MR) is 128 cm³/mol. The van der Waals surface area contributed by atoms with Crippen LogP contribution in [0.5, 0.6) is 0 Å². The lowest BCUT2D eigenvalue weighted by Gasteiger charge is -2.34. The normalized spacial score (nSPS) is 15.9. The topological polar surface area (TPSA) is 70.6 Å². The van der Waals surface area contributed by atoms with Crippen molar-refractivity contribution in [3.05, 3.63) is 70.3 Å². The molecule has 2 aromatic carbocycles. The smallest absolute Gasteiger partial charge is 0.322 e. The molecule has 0 atom stereocenters. The fraction of sp³-hybridized carbons (Fsp3) is 0.292. The molecule has 1 saturated heterocycles. The highest BCUT2D eigenvalue weighted by molar-refractivity contribution is 9.10. The van der Waals surface area contributed by atoms with E-state index in [0.717, 1.165) is 51.7 Å². The van der Waals surface area contributed by atoms with Gasteiger partial charge < -0.3 is 19.9 Å². The molecular formula is C24H24BrN5O2. The molecule has 1 N–H and O–H groups in total. The van der Waals surface area contributed by atoms with Crippen LogP contribution in [0, 0.1) is 0 Å². The summed E-state index contributed by atoms with van der Waals surface area (Å²) in [5, 5.41) is 3.01. The van der Waals surface area contributed by atoms with E-state index in [2.05, 4.69) is 26.1 Å². The number of nitrogens with zero attached hydrogens (tertiary/aromatic N) is 4. The van der Waals surface area contributed by atoms with Crippen molar-refractivity contribution in [2.24, 2.45) is 0 Å². The number of anilines is 2. The number of amides is 2. The van der Waals surface area contributed by atoms with Gasteiger partial charge in [0.1, 0.15) is 5.82 Å². The predicted octanol–water partition coefficient (Wildman–Crippen LogP) is 4.33.